The van der Waals surface area contributed by atoms with E-state index in [-0.39, 0.29) is 96.5 Å². The van der Waals surface area contributed by atoms with Gasteiger partial charge in [0.15, 0.2) is 0 Å². The molecular weight excluding hydrogens is 796 g/mol. The van der Waals surface area contributed by atoms with Crippen molar-refractivity contribution in [3.8, 4) is 0 Å². The van der Waals surface area contributed by atoms with Crippen molar-refractivity contribution in [1.82, 2.24) is 10.6 Å². The van der Waals surface area contributed by atoms with Crippen LogP contribution in [0.15, 0.2) is 81.0 Å². The number of nitrogens with one attached hydrogen (secondary N) is 2. The molecule has 2 fully saturated rings. The predicted molar refractivity (Wildman–Crippen MR) is 237 cm³/mol. The number of rotatable bonds is 18. The normalized spacial score (nSPS) is 31.3. The number of carboxylic acids is 2. The molecule has 0 spiro atoms. The molecule has 0 saturated carbocycles. The van der Waals surface area contributed by atoms with Crippen LogP contribution in [-0.2, 0) is 31.5 Å². The van der Waals surface area contributed by atoms with Crippen LogP contribution >= 0.6 is 0 Å². The molecule has 5 aliphatic heterocycles. The Balaban J connectivity index is 0.00000794. The molecule has 0 aromatic heterocycles. The Hall–Kier alpha value is -2.89. The van der Waals surface area contributed by atoms with Crippen molar-refractivity contribution >= 4 is 18.2 Å². The molecule has 5 N–H and O–H groups in total. The van der Waals surface area contributed by atoms with E-state index in [0.717, 1.165) is 61.5 Å². The number of fused-ring (bicyclic) bond motifs is 8. The summed E-state index contributed by atoms with van der Waals surface area (Å²) in [5.74, 6) is -1.55. The smallest absolute Gasteiger partial charge is 0.656 e. The van der Waals surface area contributed by atoms with E-state index in [1.165, 1.54) is 27.9 Å². The first-order valence-electron chi connectivity index (χ1n) is 22.3. The monoisotopic (exact) mass is 868 g/mol. The zero-order chi connectivity index (χ0) is 43.0. The summed E-state index contributed by atoms with van der Waals surface area (Å²) in [7, 11) is 0. The van der Waals surface area contributed by atoms with Crippen LogP contribution in [0.2, 0.25) is 0 Å². The number of carbonyl (C=O) groups is 3. The van der Waals surface area contributed by atoms with Gasteiger partial charge in [-0.15, -0.1) is 24.2 Å². The summed E-state index contributed by atoms with van der Waals surface area (Å²) in [5, 5.41) is 49.9. The first-order chi connectivity index (χ1) is 28.1. The third kappa shape index (κ3) is 12.6. The summed E-state index contributed by atoms with van der Waals surface area (Å²) >= 11 is 0. The molecule has 60 heavy (non-hydrogen) atoms. The minimum absolute atomic E-state index is 0. The molecule has 0 aromatic rings. The molecule has 1 radical (unpaired) electrons. The number of nitrogens with zero attached hydrogens (tertiary/aromatic N) is 2. The Labute approximate surface area is 370 Å². The Morgan fingerprint density at radius 3 is 2.00 bits per heavy atom. The molecule has 0 amide bonds. The molecule has 331 valence electrons. The summed E-state index contributed by atoms with van der Waals surface area (Å²) in [6.45, 7) is 19.3. The second-order valence-electron chi connectivity index (χ2n) is 18.4. The zero-order valence-electron chi connectivity index (χ0n) is 37.2. The molecule has 2 saturated heterocycles. The van der Waals surface area contributed by atoms with E-state index in [1.54, 1.807) is 0 Å². The number of allylic oxidation sites excluding steroid dienone is 6. The molecule has 5 rings (SSSR count). The number of carbonyl (C=O) groups excluding carboxylic acids is 1. The average molecular weight is 869 g/mol. The van der Waals surface area contributed by atoms with Crippen molar-refractivity contribution in [3.05, 3.63) is 91.7 Å². The van der Waals surface area contributed by atoms with Crippen LogP contribution in [0.3, 0.4) is 0 Å². The maximum atomic E-state index is 12.9. The van der Waals surface area contributed by atoms with Crippen molar-refractivity contribution in [1.29, 1.82) is 0 Å². The van der Waals surface area contributed by atoms with E-state index in [1.807, 2.05) is 6.08 Å². The number of hydrogen-bond acceptors (Lipinski definition) is 6. The van der Waals surface area contributed by atoms with Gasteiger partial charge in [0.1, 0.15) is 6.29 Å². The van der Waals surface area contributed by atoms with Crippen LogP contribution in [0.25, 0.3) is 10.6 Å². The van der Waals surface area contributed by atoms with Crippen molar-refractivity contribution < 1.29 is 46.8 Å². The number of hydrogen-bond donors (Lipinski definition) is 5. The van der Waals surface area contributed by atoms with Gasteiger partial charge in [0.25, 0.3) is 0 Å². The second kappa shape index (κ2) is 23.0. The van der Waals surface area contributed by atoms with Crippen LogP contribution in [0.1, 0.15) is 138 Å². The molecular formula is C49H72FeN4O6+. The Bertz CT molecular complexity index is 1760. The van der Waals surface area contributed by atoms with Crippen LogP contribution in [0, 0.1) is 11.8 Å². The predicted octanol–water partition coefficient (Wildman–Crippen LogP) is 9.34. The first-order valence-corrected chi connectivity index (χ1v) is 22.3. The van der Waals surface area contributed by atoms with Crippen molar-refractivity contribution in [2.24, 2.45) is 11.8 Å². The number of aldehydes is 1. The maximum Gasteiger partial charge on any atom is 3.00 e. The SMILES string of the molecule is C=CC1=C(C)C2CC3[N-]C(CC4NC(CC5[N-]C(CC1N2)C(C)C5CCC(=O)O)C(CCC(=O)O)=C4C=O)C(C)=C3C(O)CCC=C(C)CCC=C(C)CCC=C(C)C.[Fe+3]. The molecule has 11 heteroatoms. The molecule has 0 aromatic carbocycles. The number of aliphatic hydroxyl groups is 1. The van der Waals surface area contributed by atoms with Gasteiger partial charge in [-0.2, -0.15) is 0 Å². The van der Waals surface area contributed by atoms with Crippen molar-refractivity contribution in [3.63, 3.8) is 0 Å². The molecule has 10 nitrogen and oxygen atoms in total. The summed E-state index contributed by atoms with van der Waals surface area (Å²) in [6.07, 6.45) is 17.9. The summed E-state index contributed by atoms with van der Waals surface area (Å²) in [6, 6.07) is -1.12. The fourth-order valence-corrected chi connectivity index (χ4v) is 10.7. The quantitative estimate of drug-likeness (QED) is 0.0517. The second-order valence-corrected chi connectivity index (χ2v) is 18.4. The molecule has 11 unspecified atom stereocenters. The van der Waals surface area contributed by atoms with Gasteiger partial charge in [0.05, 0.1) is 6.10 Å². The van der Waals surface area contributed by atoms with Crippen molar-refractivity contribution in [2.75, 3.05) is 0 Å². The van der Waals surface area contributed by atoms with E-state index < -0.39 is 18.0 Å². The van der Waals surface area contributed by atoms with Gasteiger partial charge in [-0.3, -0.25) is 14.4 Å². The van der Waals surface area contributed by atoms with Crippen LogP contribution < -0.4 is 10.6 Å². The Kier molecular flexibility index (Phi) is 19.1. The molecule has 5 aliphatic rings. The molecule has 5 heterocycles. The fourth-order valence-electron chi connectivity index (χ4n) is 10.7. The maximum absolute atomic E-state index is 12.9. The van der Waals surface area contributed by atoms with Gasteiger partial charge in [0.2, 0.25) is 0 Å². The van der Waals surface area contributed by atoms with Gasteiger partial charge >= 0.3 is 29.0 Å². The van der Waals surface area contributed by atoms with Crippen molar-refractivity contribution in [2.45, 2.75) is 193 Å². The van der Waals surface area contributed by atoms with E-state index >= 15 is 0 Å². The third-order valence-electron chi connectivity index (χ3n) is 14.1. The number of aliphatic hydroxyl groups excluding tert-OH is 1. The molecule has 0 aliphatic carbocycles. The minimum Gasteiger partial charge on any atom is -0.656 e. The van der Waals surface area contributed by atoms with E-state index in [4.69, 9.17) is 10.6 Å². The fraction of sp³-hybridized carbons (Fsp3) is 0.653. The van der Waals surface area contributed by atoms with Gasteiger partial charge in [-0.05, 0) is 130 Å². The summed E-state index contributed by atoms with van der Waals surface area (Å²) in [4.78, 5) is 36.5. The van der Waals surface area contributed by atoms with Gasteiger partial charge in [-0.25, -0.2) is 0 Å². The molecule has 8 bridgehead atoms. The largest absolute Gasteiger partial charge is 3.00 e. The zero-order valence-corrected chi connectivity index (χ0v) is 38.3. The summed E-state index contributed by atoms with van der Waals surface area (Å²) < 4.78 is 0. The Morgan fingerprint density at radius 2 is 1.37 bits per heavy atom. The Morgan fingerprint density at radius 1 is 0.767 bits per heavy atom. The van der Waals surface area contributed by atoms with Gasteiger partial charge in [-0.1, -0.05) is 83.1 Å². The number of aliphatic carboxylic acids is 2. The van der Waals surface area contributed by atoms with Gasteiger partial charge < -0.3 is 36.6 Å². The molecule has 11 atom stereocenters. The van der Waals surface area contributed by atoms with E-state index in [2.05, 4.69) is 83.9 Å². The van der Waals surface area contributed by atoms with E-state index in [0.29, 0.717) is 37.7 Å². The van der Waals surface area contributed by atoms with Gasteiger partial charge in [0, 0.05) is 42.6 Å². The van der Waals surface area contributed by atoms with Crippen LogP contribution in [0.4, 0.5) is 0 Å². The summed E-state index contributed by atoms with van der Waals surface area (Å²) in [5.41, 5.74) is 9.99. The standard InChI is InChI=1S/C49H72N4O6.Fe/c1-9-34-31(6)39-25-45-49(46(55)18-12-17-30(5)16-11-15-29(4)14-10-13-28(2)3)33(8)40(52-45)24-44-37(27-54)36(20-22-48(58)59)43(53-44)26-42-35(19-21-47(56)57)32(7)38(51-42)23-41(34)50-39;/h9,13,15,17,27,32,35,38-46,50,53,55H,1,10-12,14,16,18-26H2,2-8H3,(H,56,57)(H,58,59);/q-2;+3. The minimum atomic E-state index is -0.917. The number of carboxylic acid groups (broad SMARTS) is 2. The third-order valence-corrected chi connectivity index (χ3v) is 14.1. The first kappa shape index (κ1) is 49.8. The average Bonchev–Trinajstić information content (AvgIpc) is 3.85. The topological polar surface area (TPSA) is 164 Å². The van der Waals surface area contributed by atoms with Crippen LogP contribution in [0.5, 0.6) is 0 Å². The van der Waals surface area contributed by atoms with Crippen LogP contribution in [-0.4, -0.2) is 88.0 Å². The van der Waals surface area contributed by atoms with E-state index in [9.17, 15) is 29.7 Å².